The van der Waals surface area contributed by atoms with E-state index >= 15 is 0 Å². The molecule has 2 aromatic heterocycles. The highest BCUT2D eigenvalue weighted by atomic mass is 19.4. The van der Waals surface area contributed by atoms with Crippen LogP contribution in [0.5, 0.6) is 5.88 Å². The molecule has 12 heteroatoms. The van der Waals surface area contributed by atoms with Crippen LogP contribution in [0.25, 0.3) is 0 Å². The lowest BCUT2D eigenvalue weighted by atomic mass is 10.1. The number of carboxylic acid groups (broad SMARTS) is 1. The molecule has 9 nitrogen and oxygen atoms in total. The van der Waals surface area contributed by atoms with Crippen LogP contribution in [0.2, 0.25) is 0 Å². The van der Waals surface area contributed by atoms with Gasteiger partial charge in [0.25, 0.3) is 5.91 Å². The second-order valence-corrected chi connectivity index (χ2v) is 7.41. The maximum Gasteiger partial charge on any atom is 0.490 e. The van der Waals surface area contributed by atoms with Gasteiger partial charge < -0.3 is 19.9 Å². The van der Waals surface area contributed by atoms with Crippen molar-refractivity contribution in [2.45, 2.75) is 25.2 Å². The zero-order chi connectivity index (χ0) is 25.4. The Kier molecular flexibility index (Phi) is 8.42. The number of aliphatic carboxylic acids is 1. The lowest BCUT2D eigenvalue weighted by molar-refractivity contribution is -0.192. The maximum atomic E-state index is 12.5. The van der Waals surface area contributed by atoms with Crippen LogP contribution < -0.4 is 10.1 Å². The topological polar surface area (TPSA) is 116 Å². The predicted molar refractivity (Wildman–Crippen MR) is 117 cm³/mol. The van der Waals surface area contributed by atoms with Crippen LogP contribution in [0.3, 0.4) is 0 Å². The number of fused-ring (bicyclic) bond motifs is 1. The Morgan fingerprint density at radius 2 is 1.94 bits per heavy atom. The normalized spacial score (nSPS) is 14.8. The fourth-order valence-electron chi connectivity index (χ4n) is 3.35. The van der Waals surface area contributed by atoms with Crippen LogP contribution in [-0.2, 0) is 22.5 Å². The van der Waals surface area contributed by atoms with Crippen LogP contribution in [0.4, 0.5) is 13.2 Å². The Bertz CT molecular complexity index is 1150. The SMILES string of the molecule is COc1ncccc1C(=O)NCC1OCCc2cn(Cc3ccccc3)nc21.O=C(O)C(F)(F)F. The maximum absolute atomic E-state index is 12.5. The van der Waals surface area contributed by atoms with E-state index in [1.165, 1.54) is 18.2 Å². The fourth-order valence-corrected chi connectivity index (χ4v) is 3.35. The van der Waals surface area contributed by atoms with Gasteiger partial charge in [-0.3, -0.25) is 9.48 Å². The third-order valence-corrected chi connectivity index (χ3v) is 4.95. The Morgan fingerprint density at radius 1 is 1.23 bits per heavy atom. The smallest absolute Gasteiger partial charge is 0.480 e. The predicted octanol–water partition coefficient (Wildman–Crippen LogP) is 3.01. The summed E-state index contributed by atoms with van der Waals surface area (Å²) in [4.78, 5) is 25.5. The van der Waals surface area contributed by atoms with Crippen molar-refractivity contribution in [2.24, 2.45) is 0 Å². The van der Waals surface area contributed by atoms with Crippen molar-refractivity contribution >= 4 is 11.9 Å². The van der Waals surface area contributed by atoms with Crippen molar-refractivity contribution in [1.29, 1.82) is 0 Å². The third kappa shape index (κ3) is 7.03. The first-order chi connectivity index (χ1) is 16.7. The molecule has 0 radical (unpaired) electrons. The Balaban J connectivity index is 0.000000429. The molecule has 0 aliphatic carbocycles. The molecule has 0 fully saturated rings. The number of pyridine rings is 1. The van der Waals surface area contributed by atoms with E-state index in [0.29, 0.717) is 31.1 Å². The highest BCUT2D eigenvalue weighted by Gasteiger charge is 2.38. The largest absolute Gasteiger partial charge is 0.490 e. The van der Waals surface area contributed by atoms with E-state index in [4.69, 9.17) is 24.5 Å². The van der Waals surface area contributed by atoms with Gasteiger partial charge in [-0.1, -0.05) is 30.3 Å². The lowest BCUT2D eigenvalue weighted by Gasteiger charge is -2.22. The number of nitrogens with one attached hydrogen (secondary N) is 1. The molecule has 0 saturated heterocycles. The number of carbonyl (C=O) groups is 2. The van der Waals surface area contributed by atoms with E-state index in [2.05, 4.69) is 28.6 Å². The number of ether oxygens (including phenoxy) is 2. The Morgan fingerprint density at radius 3 is 2.60 bits per heavy atom. The van der Waals surface area contributed by atoms with Gasteiger partial charge in [-0.05, 0) is 29.7 Å². The molecule has 1 amide bonds. The zero-order valence-electron chi connectivity index (χ0n) is 18.7. The minimum absolute atomic E-state index is 0.246. The molecule has 1 aromatic carbocycles. The van der Waals surface area contributed by atoms with Gasteiger partial charge in [-0.2, -0.15) is 18.3 Å². The molecular weight excluding hydrogens is 469 g/mol. The average Bonchev–Trinajstić information content (AvgIpc) is 3.26. The van der Waals surface area contributed by atoms with Gasteiger partial charge in [0.15, 0.2) is 0 Å². The molecule has 186 valence electrons. The van der Waals surface area contributed by atoms with Crippen LogP contribution in [-0.4, -0.2) is 58.2 Å². The van der Waals surface area contributed by atoms with Crippen LogP contribution >= 0.6 is 0 Å². The minimum atomic E-state index is -5.08. The first-order valence-corrected chi connectivity index (χ1v) is 10.5. The number of rotatable bonds is 6. The summed E-state index contributed by atoms with van der Waals surface area (Å²) < 4.78 is 44.7. The van der Waals surface area contributed by atoms with Gasteiger partial charge in [0.2, 0.25) is 5.88 Å². The summed E-state index contributed by atoms with van der Waals surface area (Å²) in [5.74, 6) is -2.70. The quantitative estimate of drug-likeness (QED) is 0.544. The zero-order valence-corrected chi connectivity index (χ0v) is 18.7. The number of hydrogen-bond acceptors (Lipinski definition) is 6. The van der Waals surface area contributed by atoms with E-state index in [0.717, 1.165) is 12.1 Å². The van der Waals surface area contributed by atoms with Crippen molar-refractivity contribution in [1.82, 2.24) is 20.1 Å². The number of aromatic nitrogens is 3. The highest BCUT2D eigenvalue weighted by Crippen LogP contribution is 2.26. The number of halogens is 3. The molecule has 1 unspecified atom stereocenters. The van der Waals surface area contributed by atoms with Crippen LogP contribution in [0.15, 0.2) is 54.9 Å². The molecule has 3 heterocycles. The van der Waals surface area contributed by atoms with Gasteiger partial charge in [0.05, 0.1) is 26.0 Å². The third-order valence-electron chi connectivity index (χ3n) is 4.95. The molecule has 0 bridgehead atoms. The number of benzene rings is 1. The molecule has 1 atom stereocenters. The monoisotopic (exact) mass is 492 g/mol. The molecule has 0 spiro atoms. The molecule has 1 aliphatic rings. The van der Waals surface area contributed by atoms with Gasteiger partial charge in [0.1, 0.15) is 11.7 Å². The molecule has 2 N–H and O–H groups in total. The highest BCUT2D eigenvalue weighted by molar-refractivity contribution is 5.96. The fraction of sp³-hybridized carbons (Fsp3) is 0.304. The first kappa shape index (κ1) is 25.7. The van der Waals surface area contributed by atoms with E-state index < -0.39 is 12.1 Å². The summed E-state index contributed by atoms with van der Waals surface area (Å²) in [5, 5.41) is 14.8. The first-order valence-electron chi connectivity index (χ1n) is 10.5. The number of carbonyl (C=O) groups excluding carboxylic acids is 1. The van der Waals surface area contributed by atoms with Gasteiger partial charge >= 0.3 is 12.1 Å². The van der Waals surface area contributed by atoms with Crippen LogP contribution in [0, 0.1) is 0 Å². The molecule has 0 saturated carbocycles. The lowest BCUT2D eigenvalue weighted by Crippen LogP contribution is -2.32. The van der Waals surface area contributed by atoms with Crippen molar-refractivity contribution in [3.05, 3.63) is 77.2 Å². The number of methoxy groups -OCH3 is 1. The van der Waals surface area contributed by atoms with E-state index in [9.17, 15) is 18.0 Å². The number of hydrogen-bond donors (Lipinski definition) is 2. The summed E-state index contributed by atoms with van der Waals surface area (Å²) in [5.41, 5.74) is 3.65. The van der Waals surface area contributed by atoms with E-state index in [1.54, 1.807) is 18.3 Å². The molecule has 4 rings (SSSR count). The number of nitrogens with zero attached hydrogens (tertiary/aromatic N) is 3. The number of carboxylic acids is 1. The molecule has 3 aromatic rings. The van der Waals surface area contributed by atoms with Gasteiger partial charge in [0, 0.05) is 18.9 Å². The summed E-state index contributed by atoms with van der Waals surface area (Å²) >= 11 is 0. The van der Waals surface area contributed by atoms with Crippen molar-refractivity contribution in [2.75, 3.05) is 20.3 Å². The second kappa shape index (κ2) is 11.5. The van der Waals surface area contributed by atoms with Crippen LogP contribution in [0.1, 0.15) is 33.3 Å². The van der Waals surface area contributed by atoms with E-state index in [1.807, 2.05) is 22.9 Å². The Labute approximate surface area is 198 Å². The Hall–Kier alpha value is -3.93. The molecule has 1 aliphatic heterocycles. The van der Waals surface area contributed by atoms with Crippen molar-refractivity contribution in [3.8, 4) is 5.88 Å². The van der Waals surface area contributed by atoms with Gasteiger partial charge in [-0.15, -0.1) is 0 Å². The van der Waals surface area contributed by atoms with Crippen molar-refractivity contribution in [3.63, 3.8) is 0 Å². The summed E-state index contributed by atoms with van der Waals surface area (Å²) in [6, 6.07) is 13.6. The molecule has 35 heavy (non-hydrogen) atoms. The van der Waals surface area contributed by atoms with Gasteiger partial charge in [-0.25, -0.2) is 9.78 Å². The average molecular weight is 492 g/mol. The summed E-state index contributed by atoms with van der Waals surface area (Å²) in [6.07, 6.45) is -0.868. The summed E-state index contributed by atoms with van der Waals surface area (Å²) in [7, 11) is 1.50. The minimum Gasteiger partial charge on any atom is -0.480 e. The standard InChI is InChI=1S/C21H22N4O3.C2HF3O2/c1-27-21-17(8-5-10-22-21)20(26)23-12-18-19-16(9-11-28-18)14-25(24-19)13-15-6-3-2-4-7-15;3-2(4,5)1(6)7/h2-8,10,14,18H,9,11-13H2,1H3,(H,23,26);(H,6,7). The number of alkyl halides is 3. The summed E-state index contributed by atoms with van der Waals surface area (Å²) in [6.45, 7) is 1.66. The van der Waals surface area contributed by atoms with Crippen molar-refractivity contribution < 1.29 is 37.3 Å². The number of amides is 1. The second-order valence-electron chi connectivity index (χ2n) is 7.41. The van der Waals surface area contributed by atoms with E-state index in [-0.39, 0.29) is 12.0 Å². The molecular formula is C23H23F3N4O5.